The van der Waals surface area contributed by atoms with Gasteiger partial charge in [-0.25, -0.2) is 9.37 Å². The van der Waals surface area contributed by atoms with Crippen LogP contribution in [0.2, 0.25) is 0 Å². The second-order valence-corrected chi connectivity index (χ2v) is 4.72. The second kappa shape index (κ2) is 5.70. The molecule has 0 aliphatic carbocycles. The zero-order chi connectivity index (χ0) is 15.7. The lowest BCUT2D eigenvalue weighted by atomic mass is 10.2. The maximum atomic E-state index is 13.4. The number of halogens is 1. The van der Waals surface area contributed by atoms with Crippen LogP contribution in [-0.2, 0) is 0 Å². The quantitative estimate of drug-likeness (QED) is 0.690. The number of fused-ring (bicyclic) bond motifs is 1. The molecule has 0 unspecified atom stereocenters. The summed E-state index contributed by atoms with van der Waals surface area (Å²) in [5, 5.41) is 9.23. The molecule has 3 aromatic rings. The van der Waals surface area contributed by atoms with Gasteiger partial charge in [0, 0.05) is 17.2 Å². The van der Waals surface area contributed by atoms with Gasteiger partial charge in [0.05, 0.1) is 0 Å². The molecule has 1 heterocycles. The van der Waals surface area contributed by atoms with E-state index in [1.54, 1.807) is 18.2 Å². The van der Waals surface area contributed by atoms with Crippen LogP contribution in [0.15, 0.2) is 41.3 Å². The molecule has 0 aliphatic heterocycles. The summed E-state index contributed by atoms with van der Waals surface area (Å²) in [7, 11) is 0. The first kappa shape index (κ1) is 14.4. The van der Waals surface area contributed by atoms with E-state index >= 15 is 0 Å². The van der Waals surface area contributed by atoms with Gasteiger partial charge in [0.1, 0.15) is 11.3 Å². The van der Waals surface area contributed by atoms with Gasteiger partial charge < -0.3 is 13.7 Å². The highest BCUT2D eigenvalue weighted by Crippen LogP contribution is 2.32. The molecule has 0 aliphatic rings. The Balaban J connectivity index is 2.15. The van der Waals surface area contributed by atoms with Crippen LogP contribution in [0, 0.1) is 5.82 Å². The SMILES string of the molecule is C=Cc1cc(OSO)cc2nc(-c3ccc(O)c(F)c3)oc12. The van der Waals surface area contributed by atoms with E-state index in [1.165, 1.54) is 12.1 Å². The van der Waals surface area contributed by atoms with Crippen molar-refractivity contribution >= 4 is 29.5 Å². The lowest BCUT2D eigenvalue weighted by Gasteiger charge is -2.00. The third-order valence-corrected chi connectivity index (χ3v) is 3.31. The zero-order valence-corrected chi connectivity index (χ0v) is 11.9. The number of aromatic hydroxyl groups is 1. The van der Waals surface area contributed by atoms with Crippen LogP contribution < -0.4 is 4.18 Å². The van der Waals surface area contributed by atoms with Gasteiger partial charge in [0.2, 0.25) is 18.2 Å². The van der Waals surface area contributed by atoms with E-state index in [2.05, 4.69) is 11.6 Å². The van der Waals surface area contributed by atoms with E-state index < -0.39 is 11.6 Å². The van der Waals surface area contributed by atoms with Crippen LogP contribution in [0.1, 0.15) is 5.56 Å². The van der Waals surface area contributed by atoms with Gasteiger partial charge in [-0.1, -0.05) is 12.7 Å². The fourth-order valence-corrected chi connectivity index (χ4v) is 2.22. The van der Waals surface area contributed by atoms with Gasteiger partial charge in [0.25, 0.3) is 0 Å². The first-order valence-corrected chi connectivity index (χ1v) is 6.86. The molecule has 0 bridgehead atoms. The van der Waals surface area contributed by atoms with E-state index in [0.29, 0.717) is 28.0 Å². The number of aromatic nitrogens is 1. The topological polar surface area (TPSA) is 75.7 Å². The Morgan fingerprint density at radius 3 is 2.82 bits per heavy atom. The van der Waals surface area contributed by atoms with E-state index in [1.807, 2.05) is 0 Å². The van der Waals surface area contributed by atoms with Crippen LogP contribution in [-0.4, -0.2) is 14.6 Å². The smallest absolute Gasteiger partial charge is 0.227 e. The third kappa shape index (κ3) is 2.51. The molecule has 0 amide bonds. The summed E-state index contributed by atoms with van der Waals surface area (Å²) in [6, 6.07) is 7.07. The van der Waals surface area contributed by atoms with Crippen molar-refractivity contribution in [1.82, 2.24) is 4.98 Å². The predicted octanol–water partition coefficient (Wildman–Crippen LogP) is 4.48. The molecule has 2 aromatic carbocycles. The van der Waals surface area contributed by atoms with Gasteiger partial charge in [-0.05, 0) is 24.3 Å². The van der Waals surface area contributed by atoms with Crippen LogP contribution >= 0.6 is 12.3 Å². The van der Waals surface area contributed by atoms with Crippen LogP contribution in [0.25, 0.3) is 28.6 Å². The average Bonchev–Trinajstić information content (AvgIpc) is 2.93. The standard InChI is InChI=1S/C15H10FNO4S/c1-2-8-5-10(21-22-19)7-12-14(8)20-15(17-12)9-3-4-13(18)11(16)6-9/h2-7,18-19H,1H2. The molecule has 0 atom stereocenters. The Bertz CT molecular complexity index is 862. The lowest BCUT2D eigenvalue weighted by Crippen LogP contribution is -1.82. The highest BCUT2D eigenvalue weighted by Gasteiger charge is 2.14. The molecular weight excluding hydrogens is 309 g/mol. The second-order valence-electron chi connectivity index (χ2n) is 4.41. The van der Waals surface area contributed by atoms with Crippen molar-refractivity contribution < 1.29 is 22.6 Å². The third-order valence-electron chi connectivity index (χ3n) is 3.04. The molecule has 2 N–H and O–H groups in total. The molecule has 0 spiro atoms. The summed E-state index contributed by atoms with van der Waals surface area (Å²) in [5.41, 5.74) is 1.96. The van der Waals surface area contributed by atoms with E-state index in [4.69, 9.17) is 13.2 Å². The number of nitrogens with zero attached hydrogens (tertiary/aromatic N) is 1. The number of rotatable bonds is 4. The Kier molecular flexibility index (Phi) is 3.74. The lowest BCUT2D eigenvalue weighted by molar-refractivity contribution is 0.432. The molecule has 7 heteroatoms. The minimum absolute atomic E-state index is 0.200. The normalized spacial score (nSPS) is 10.8. The van der Waals surface area contributed by atoms with Crippen molar-refractivity contribution in [2.24, 2.45) is 0 Å². The fraction of sp³-hybridized carbons (Fsp3) is 0. The molecule has 0 fully saturated rings. The monoisotopic (exact) mass is 319 g/mol. The van der Waals surface area contributed by atoms with Crippen LogP contribution in [0.4, 0.5) is 4.39 Å². The number of phenolic OH excluding ortho intramolecular Hbond substituents is 1. The van der Waals surface area contributed by atoms with Crippen LogP contribution in [0.3, 0.4) is 0 Å². The van der Waals surface area contributed by atoms with E-state index in [9.17, 15) is 9.50 Å². The summed E-state index contributed by atoms with van der Waals surface area (Å²) in [6.45, 7) is 3.68. The molecule has 0 radical (unpaired) electrons. The van der Waals surface area contributed by atoms with Crippen molar-refractivity contribution in [3.8, 4) is 23.0 Å². The highest BCUT2D eigenvalue weighted by atomic mass is 32.2. The molecule has 0 saturated carbocycles. The summed E-state index contributed by atoms with van der Waals surface area (Å²) in [5.74, 6) is -0.621. The Hall–Kier alpha value is -2.51. The summed E-state index contributed by atoms with van der Waals surface area (Å²) in [4.78, 5) is 4.27. The maximum absolute atomic E-state index is 13.4. The first-order valence-electron chi connectivity index (χ1n) is 6.16. The van der Waals surface area contributed by atoms with Crippen molar-refractivity contribution in [2.45, 2.75) is 0 Å². The molecule has 5 nitrogen and oxygen atoms in total. The van der Waals surface area contributed by atoms with Gasteiger partial charge >= 0.3 is 0 Å². The molecular formula is C15H10FNO4S. The minimum atomic E-state index is -0.760. The first-order chi connectivity index (χ1) is 10.6. The predicted molar refractivity (Wildman–Crippen MR) is 82.0 cm³/mol. The van der Waals surface area contributed by atoms with E-state index in [-0.39, 0.29) is 18.2 Å². The molecule has 0 saturated heterocycles. The highest BCUT2D eigenvalue weighted by molar-refractivity contribution is 7.89. The summed E-state index contributed by atoms with van der Waals surface area (Å²) in [6.07, 6.45) is 1.56. The Labute approximate surface area is 129 Å². The number of phenols is 1. The minimum Gasteiger partial charge on any atom is -0.505 e. The van der Waals surface area contributed by atoms with Gasteiger partial charge in [0.15, 0.2) is 17.1 Å². The van der Waals surface area contributed by atoms with Gasteiger partial charge in [-0.2, -0.15) is 0 Å². The number of hydrogen-bond donors (Lipinski definition) is 2. The zero-order valence-electron chi connectivity index (χ0n) is 11.1. The van der Waals surface area contributed by atoms with E-state index in [0.717, 1.165) is 6.07 Å². The van der Waals surface area contributed by atoms with Crippen molar-refractivity contribution in [2.75, 3.05) is 0 Å². The van der Waals surface area contributed by atoms with Gasteiger partial charge in [-0.15, -0.1) is 0 Å². The number of hydrogen-bond acceptors (Lipinski definition) is 6. The molecule has 22 heavy (non-hydrogen) atoms. The molecule has 1 aromatic heterocycles. The number of benzene rings is 2. The fourth-order valence-electron chi connectivity index (χ4n) is 2.04. The van der Waals surface area contributed by atoms with Crippen molar-refractivity contribution in [1.29, 1.82) is 0 Å². The van der Waals surface area contributed by atoms with Crippen molar-refractivity contribution in [3.63, 3.8) is 0 Å². The largest absolute Gasteiger partial charge is 0.505 e. The van der Waals surface area contributed by atoms with Crippen LogP contribution in [0.5, 0.6) is 11.5 Å². The van der Waals surface area contributed by atoms with Gasteiger partial charge in [-0.3, -0.25) is 4.55 Å². The Morgan fingerprint density at radius 1 is 1.32 bits per heavy atom. The molecule has 112 valence electrons. The average molecular weight is 319 g/mol. The maximum Gasteiger partial charge on any atom is 0.227 e. The summed E-state index contributed by atoms with van der Waals surface area (Å²) >= 11 is 0.219. The van der Waals surface area contributed by atoms with Crippen molar-refractivity contribution in [3.05, 3.63) is 48.3 Å². The molecule has 3 rings (SSSR count). The Morgan fingerprint density at radius 2 is 2.14 bits per heavy atom. The number of oxazole rings is 1. The summed E-state index contributed by atoms with van der Waals surface area (Å²) < 4.78 is 32.8.